The van der Waals surface area contributed by atoms with Gasteiger partial charge in [0.25, 0.3) is 0 Å². The van der Waals surface area contributed by atoms with Crippen LogP contribution in [-0.2, 0) is 4.74 Å². The van der Waals surface area contributed by atoms with Crippen molar-refractivity contribution in [3.8, 4) is 16.9 Å². The van der Waals surface area contributed by atoms with Gasteiger partial charge >= 0.3 is 0 Å². The van der Waals surface area contributed by atoms with Crippen molar-refractivity contribution in [1.82, 2.24) is 14.9 Å². The third kappa shape index (κ3) is 5.23. The minimum atomic E-state index is -0.0223. The summed E-state index contributed by atoms with van der Waals surface area (Å²) in [6.45, 7) is 9.75. The summed E-state index contributed by atoms with van der Waals surface area (Å²) < 4.78 is 11.5. The van der Waals surface area contributed by atoms with E-state index in [1.807, 2.05) is 18.3 Å². The third-order valence-corrected chi connectivity index (χ3v) is 7.27. The Balaban J connectivity index is 1.44. The van der Waals surface area contributed by atoms with E-state index >= 15 is 0 Å². The van der Waals surface area contributed by atoms with Gasteiger partial charge in [-0.25, -0.2) is 4.98 Å². The lowest BCUT2D eigenvalue weighted by atomic mass is 9.98. The van der Waals surface area contributed by atoms with Crippen molar-refractivity contribution < 1.29 is 9.47 Å². The molecule has 1 unspecified atom stereocenters. The molecule has 1 atom stereocenters. The predicted octanol–water partition coefficient (Wildman–Crippen LogP) is 3.23. The van der Waals surface area contributed by atoms with Crippen molar-refractivity contribution in [2.75, 3.05) is 62.8 Å². The number of benzene rings is 1. The number of piperazine rings is 1. The number of nitrogens with zero attached hydrogens (tertiary/aromatic N) is 3. The van der Waals surface area contributed by atoms with Gasteiger partial charge in [-0.1, -0.05) is 0 Å². The molecule has 0 bridgehead atoms. The van der Waals surface area contributed by atoms with Crippen molar-refractivity contribution in [3.05, 3.63) is 52.8 Å². The molecule has 9 heteroatoms. The molecule has 5 rings (SSSR count). The average molecular weight is 504 g/mol. The van der Waals surface area contributed by atoms with Crippen LogP contribution in [0.1, 0.15) is 28.7 Å². The molecule has 37 heavy (non-hydrogen) atoms. The van der Waals surface area contributed by atoms with Crippen LogP contribution in [-0.4, -0.2) is 67.4 Å². The summed E-state index contributed by atoms with van der Waals surface area (Å²) in [5, 5.41) is 0. The fraction of sp³-hybridized carbons (Fsp3) is 0.393. The summed E-state index contributed by atoms with van der Waals surface area (Å²) in [5.74, 6) is 1.42. The van der Waals surface area contributed by atoms with Gasteiger partial charge in [0.1, 0.15) is 11.9 Å². The summed E-state index contributed by atoms with van der Waals surface area (Å²) >= 11 is 0. The van der Waals surface area contributed by atoms with Crippen LogP contribution >= 0.6 is 0 Å². The molecule has 0 saturated carbocycles. The molecule has 9 nitrogen and oxygen atoms in total. The topological polar surface area (TPSA) is 132 Å². The molecular formula is C28H37N7O2. The Bertz CT molecular complexity index is 1280. The van der Waals surface area contributed by atoms with E-state index in [4.69, 9.17) is 26.7 Å². The van der Waals surface area contributed by atoms with Gasteiger partial charge in [-0.05, 0) is 61.9 Å². The van der Waals surface area contributed by atoms with Gasteiger partial charge in [0.2, 0.25) is 0 Å². The number of hydrogen-bond acceptors (Lipinski definition) is 8. The van der Waals surface area contributed by atoms with Crippen molar-refractivity contribution in [3.63, 3.8) is 0 Å². The lowest BCUT2D eigenvalue weighted by Crippen LogP contribution is -2.45. The van der Waals surface area contributed by atoms with Gasteiger partial charge in [0, 0.05) is 73.1 Å². The molecule has 1 aromatic carbocycles. The van der Waals surface area contributed by atoms with Gasteiger partial charge in [0.15, 0.2) is 11.6 Å². The van der Waals surface area contributed by atoms with E-state index in [1.165, 1.54) is 16.8 Å². The Morgan fingerprint density at radius 3 is 2.54 bits per heavy atom. The lowest BCUT2D eigenvalue weighted by Gasteiger charge is -2.36. The molecular weight excluding hydrogens is 466 g/mol. The third-order valence-electron chi connectivity index (χ3n) is 7.27. The zero-order chi connectivity index (χ0) is 26.1. The highest BCUT2D eigenvalue weighted by molar-refractivity contribution is 5.90. The van der Waals surface area contributed by atoms with E-state index in [0.717, 1.165) is 54.9 Å². The molecule has 2 fully saturated rings. The van der Waals surface area contributed by atoms with Crippen molar-refractivity contribution in [2.45, 2.75) is 26.4 Å². The van der Waals surface area contributed by atoms with E-state index in [2.05, 4.69) is 52.8 Å². The second-order valence-corrected chi connectivity index (χ2v) is 10.1. The number of H-pyrrole nitrogens is 1. The van der Waals surface area contributed by atoms with Crippen LogP contribution in [0.25, 0.3) is 22.9 Å². The standard InChI is InChI=1S/C28H37N7O2/c1-17-10-19(11-18(2)26(17)35-7-5-34(3)6-8-35)24(29)13-22-23(15-33-27(22)30)20-12-25(28(31)32-14-20)37-21-4-9-36-16-21/h10-15,21,33H,4-9,16,29-30H2,1-3H3,(H2,31,32)/b24-13-. The van der Waals surface area contributed by atoms with E-state index in [1.54, 1.807) is 6.20 Å². The second-order valence-electron chi connectivity index (χ2n) is 10.1. The first-order valence-corrected chi connectivity index (χ1v) is 12.8. The highest BCUT2D eigenvalue weighted by atomic mass is 16.5. The van der Waals surface area contributed by atoms with Gasteiger partial charge in [0.05, 0.1) is 13.2 Å². The first kappa shape index (κ1) is 25.0. The fourth-order valence-corrected chi connectivity index (χ4v) is 5.22. The van der Waals surface area contributed by atoms with Crippen molar-refractivity contribution in [1.29, 1.82) is 0 Å². The predicted molar refractivity (Wildman–Crippen MR) is 150 cm³/mol. The zero-order valence-corrected chi connectivity index (χ0v) is 21.9. The Kier molecular flexibility index (Phi) is 6.99. The van der Waals surface area contributed by atoms with E-state index < -0.39 is 0 Å². The fourth-order valence-electron chi connectivity index (χ4n) is 5.22. The number of nitrogens with one attached hydrogen (secondary N) is 1. The largest absolute Gasteiger partial charge is 0.484 e. The summed E-state index contributed by atoms with van der Waals surface area (Å²) in [5.41, 5.74) is 27.0. The molecule has 0 radical (unpaired) electrons. The number of ether oxygens (including phenoxy) is 2. The zero-order valence-electron chi connectivity index (χ0n) is 21.9. The van der Waals surface area contributed by atoms with Crippen LogP contribution in [0, 0.1) is 13.8 Å². The van der Waals surface area contributed by atoms with Crippen molar-refractivity contribution in [2.24, 2.45) is 5.73 Å². The van der Waals surface area contributed by atoms with Crippen LogP contribution in [0.2, 0.25) is 0 Å². The number of aromatic nitrogens is 2. The molecule has 7 N–H and O–H groups in total. The Hall–Kier alpha value is -3.69. The highest BCUT2D eigenvalue weighted by Gasteiger charge is 2.21. The number of likely N-dealkylation sites (N-methyl/N-ethyl adjacent to an activating group) is 1. The Labute approximate surface area is 218 Å². The van der Waals surface area contributed by atoms with Crippen LogP contribution < -0.4 is 26.8 Å². The molecule has 0 aliphatic carbocycles. The number of pyridine rings is 1. The Morgan fingerprint density at radius 1 is 1.14 bits per heavy atom. The number of rotatable bonds is 6. The highest BCUT2D eigenvalue weighted by Crippen LogP contribution is 2.35. The maximum absolute atomic E-state index is 6.65. The quantitative estimate of drug-likeness (QED) is 0.403. The first-order chi connectivity index (χ1) is 17.8. The van der Waals surface area contributed by atoms with E-state index in [9.17, 15) is 0 Å². The van der Waals surface area contributed by atoms with E-state index in [-0.39, 0.29) is 6.10 Å². The van der Waals surface area contributed by atoms with Crippen LogP contribution in [0.4, 0.5) is 17.3 Å². The minimum absolute atomic E-state index is 0.0223. The SMILES string of the molecule is Cc1cc(/C(N)=C/c2c(-c3cnc(N)c(OC4CCOC4)c3)c[nH]c2N)cc(C)c1N1CCN(C)CC1. The summed E-state index contributed by atoms with van der Waals surface area (Å²) in [6.07, 6.45) is 6.32. The van der Waals surface area contributed by atoms with Gasteiger partial charge in [-0.3, -0.25) is 0 Å². The molecule has 196 valence electrons. The van der Waals surface area contributed by atoms with Crippen LogP contribution in [0.5, 0.6) is 5.75 Å². The molecule has 2 aliphatic heterocycles. The molecule has 0 spiro atoms. The molecule has 2 saturated heterocycles. The first-order valence-electron chi connectivity index (χ1n) is 12.8. The van der Waals surface area contributed by atoms with Gasteiger partial charge in [-0.15, -0.1) is 0 Å². The molecule has 2 aliphatic rings. The van der Waals surface area contributed by atoms with Gasteiger partial charge < -0.3 is 41.5 Å². The maximum atomic E-state index is 6.65. The number of nitrogens with two attached hydrogens (primary N) is 3. The summed E-state index contributed by atoms with van der Waals surface area (Å²) in [6, 6.07) is 6.22. The molecule has 0 amide bonds. The van der Waals surface area contributed by atoms with E-state index in [0.29, 0.717) is 36.3 Å². The number of aromatic amines is 1. The lowest BCUT2D eigenvalue weighted by molar-refractivity contribution is 0.141. The molecule has 4 heterocycles. The Morgan fingerprint density at radius 2 is 1.86 bits per heavy atom. The smallest absolute Gasteiger partial charge is 0.166 e. The summed E-state index contributed by atoms with van der Waals surface area (Å²) in [4.78, 5) is 12.3. The number of hydrogen-bond donors (Lipinski definition) is 4. The monoisotopic (exact) mass is 503 g/mol. The number of anilines is 3. The second kappa shape index (κ2) is 10.4. The minimum Gasteiger partial charge on any atom is -0.484 e. The maximum Gasteiger partial charge on any atom is 0.166 e. The van der Waals surface area contributed by atoms with Crippen LogP contribution in [0.3, 0.4) is 0 Å². The molecule has 3 aromatic rings. The molecule has 2 aromatic heterocycles. The van der Waals surface area contributed by atoms with Gasteiger partial charge in [-0.2, -0.15) is 0 Å². The number of nitrogen functional groups attached to an aromatic ring is 2. The van der Waals surface area contributed by atoms with Crippen molar-refractivity contribution >= 4 is 29.1 Å². The summed E-state index contributed by atoms with van der Waals surface area (Å²) in [7, 11) is 2.17. The number of aryl methyl sites for hydroxylation is 2. The van der Waals surface area contributed by atoms with Crippen LogP contribution in [0.15, 0.2) is 30.6 Å². The normalized spacial score (nSPS) is 18.9. The average Bonchev–Trinajstić information content (AvgIpc) is 3.51.